The Morgan fingerprint density at radius 3 is 2.79 bits per heavy atom. The highest BCUT2D eigenvalue weighted by Crippen LogP contribution is 2.06. The van der Waals surface area contributed by atoms with Crippen LogP contribution in [0, 0.1) is 5.92 Å². The predicted octanol–water partition coefficient (Wildman–Crippen LogP) is 1.88. The van der Waals surface area contributed by atoms with Crippen molar-refractivity contribution in [2.45, 2.75) is 20.0 Å². The number of carbonyl (C=O) groups excluding carboxylic acids is 1. The fourth-order valence-electron chi connectivity index (χ4n) is 0.977. The van der Waals surface area contributed by atoms with Crippen molar-refractivity contribution in [2.24, 2.45) is 5.92 Å². The summed E-state index contributed by atoms with van der Waals surface area (Å²) in [7, 11) is 0. The maximum atomic E-state index is 11.3. The Bertz CT molecular complexity index is 309. The van der Waals surface area contributed by atoms with Gasteiger partial charge in [-0.3, -0.25) is 4.79 Å². The van der Waals surface area contributed by atoms with Crippen LogP contribution in [0.25, 0.3) is 6.08 Å². The van der Waals surface area contributed by atoms with Gasteiger partial charge in [0.25, 0.3) is 0 Å². The maximum Gasteiger partial charge on any atom is 0.184 e. The predicted molar refractivity (Wildman–Crippen MR) is 53.6 cm³/mol. The summed E-state index contributed by atoms with van der Waals surface area (Å²) in [5, 5.41) is 9.39. The summed E-state index contributed by atoms with van der Waals surface area (Å²) in [6.45, 7) is 3.59. The van der Waals surface area contributed by atoms with Gasteiger partial charge in [-0.05, 0) is 30.2 Å². The third-order valence-corrected chi connectivity index (χ3v) is 1.88. The van der Waals surface area contributed by atoms with Gasteiger partial charge in [0.2, 0.25) is 0 Å². The van der Waals surface area contributed by atoms with E-state index in [4.69, 9.17) is 4.42 Å². The quantitative estimate of drug-likeness (QED) is 0.744. The fourth-order valence-corrected chi connectivity index (χ4v) is 0.977. The average Bonchev–Trinajstić information content (AvgIpc) is 2.65. The van der Waals surface area contributed by atoms with E-state index < -0.39 is 6.10 Å². The molecule has 0 saturated heterocycles. The van der Waals surface area contributed by atoms with Gasteiger partial charge in [-0.2, -0.15) is 0 Å². The van der Waals surface area contributed by atoms with Gasteiger partial charge in [0.15, 0.2) is 5.78 Å². The summed E-state index contributed by atoms with van der Waals surface area (Å²) < 4.78 is 5.00. The first-order chi connectivity index (χ1) is 6.61. The Morgan fingerprint density at radius 1 is 1.57 bits per heavy atom. The van der Waals surface area contributed by atoms with Crippen LogP contribution in [0.15, 0.2) is 28.9 Å². The van der Waals surface area contributed by atoms with Crippen molar-refractivity contribution in [1.29, 1.82) is 0 Å². The molecule has 0 spiro atoms. The minimum Gasteiger partial charge on any atom is -0.465 e. The summed E-state index contributed by atoms with van der Waals surface area (Å²) in [6, 6.07) is 3.48. The van der Waals surface area contributed by atoms with Gasteiger partial charge in [-0.1, -0.05) is 13.8 Å². The molecule has 1 N–H and O–H groups in total. The molecular formula is C11H14O3. The molecule has 0 amide bonds. The molecule has 14 heavy (non-hydrogen) atoms. The number of carbonyl (C=O) groups is 1. The van der Waals surface area contributed by atoms with Crippen LogP contribution in [0.5, 0.6) is 0 Å². The molecule has 0 aliphatic rings. The smallest absolute Gasteiger partial charge is 0.184 e. The number of ketones is 1. The van der Waals surface area contributed by atoms with E-state index in [1.165, 1.54) is 12.3 Å². The first kappa shape index (κ1) is 10.7. The van der Waals surface area contributed by atoms with E-state index in [1.807, 2.05) is 0 Å². The van der Waals surface area contributed by atoms with Gasteiger partial charge in [-0.25, -0.2) is 0 Å². The van der Waals surface area contributed by atoms with E-state index in [0.29, 0.717) is 5.76 Å². The Balaban J connectivity index is 2.57. The van der Waals surface area contributed by atoms with Crippen LogP contribution >= 0.6 is 0 Å². The van der Waals surface area contributed by atoms with E-state index in [-0.39, 0.29) is 11.7 Å². The summed E-state index contributed by atoms with van der Waals surface area (Å²) in [6.07, 6.45) is 3.49. The molecule has 3 nitrogen and oxygen atoms in total. The average molecular weight is 194 g/mol. The minimum atomic E-state index is -0.929. The molecule has 1 aromatic heterocycles. The van der Waals surface area contributed by atoms with Crippen molar-refractivity contribution >= 4 is 11.9 Å². The zero-order valence-corrected chi connectivity index (χ0v) is 8.31. The molecule has 0 bridgehead atoms. The Labute approximate surface area is 83.0 Å². The Morgan fingerprint density at radius 2 is 2.29 bits per heavy atom. The van der Waals surface area contributed by atoms with Crippen molar-refractivity contribution in [3.63, 3.8) is 0 Å². The SMILES string of the molecule is CC(C)[C@H](O)C(=O)/C=C/c1ccco1. The normalized spacial score (nSPS) is 13.7. The third kappa shape index (κ3) is 2.85. The topological polar surface area (TPSA) is 50.4 Å². The summed E-state index contributed by atoms with van der Waals surface area (Å²) in [5.41, 5.74) is 0. The van der Waals surface area contributed by atoms with Crippen LogP contribution in [-0.2, 0) is 4.79 Å². The van der Waals surface area contributed by atoms with Crippen molar-refractivity contribution in [3.8, 4) is 0 Å². The van der Waals surface area contributed by atoms with E-state index in [1.54, 1.807) is 32.1 Å². The van der Waals surface area contributed by atoms with Crippen molar-refractivity contribution < 1.29 is 14.3 Å². The van der Waals surface area contributed by atoms with Crippen molar-refractivity contribution in [2.75, 3.05) is 0 Å². The second-order valence-corrected chi connectivity index (χ2v) is 3.44. The Kier molecular flexibility index (Phi) is 3.65. The lowest BCUT2D eigenvalue weighted by Crippen LogP contribution is -2.23. The van der Waals surface area contributed by atoms with Crippen LogP contribution in [0.2, 0.25) is 0 Å². The molecule has 0 radical (unpaired) electrons. The molecule has 0 saturated carbocycles. The highest BCUT2D eigenvalue weighted by atomic mass is 16.3. The van der Waals surface area contributed by atoms with Gasteiger partial charge in [0.1, 0.15) is 11.9 Å². The first-order valence-corrected chi connectivity index (χ1v) is 4.54. The van der Waals surface area contributed by atoms with Crippen LogP contribution in [0.4, 0.5) is 0 Å². The zero-order chi connectivity index (χ0) is 10.6. The van der Waals surface area contributed by atoms with E-state index >= 15 is 0 Å². The molecule has 1 rings (SSSR count). The lowest BCUT2D eigenvalue weighted by Gasteiger charge is -2.09. The van der Waals surface area contributed by atoms with Gasteiger partial charge >= 0.3 is 0 Å². The Hall–Kier alpha value is -1.35. The van der Waals surface area contributed by atoms with Gasteiger partial charge < -0.3 is 9.52 Å². The molecule has 1 atom stereocenters. The number of hydrogen-bond donors (Lipinski definition) is 1. The first-order valence-electron chi connectivity index (χ1n) is 4.54. The lowest BCUT2D eigenvalue weighted by molar-refractivity contribution is -0.124. The van der Waals surface area contributed by atoms with Gasteiger partial charge in [0, 0.05) is 0 Å². The van der Waals surface area contributed by atoms with E-state index in [2.05, 4.69) is 0 Å². The standard InChI is InChI=1S/C11H14O3/c1-8(2)11(13)10(12)6-5-9-4-3-7-14-9/h3-8,11,13H,1-2H3/b6-5+/t11-/m0/s1. The molecule has 1 heterocycles. The molecular weight excluding hydrogens is 180 g/mol. The highest BCUT2D eigenvalue weighted by Gasteiger charge is 2.15. The monoisotopic (exact) mass is 194 g/mol. The van der Waals surface area contributed by atoms with Gasteiger partial charge in [-0.15, -0.1) is 0 Å². The van der Waals surface area contributed by atoms with Crippen molar-refractivity contribution in [1.82, 2.24) is 0 Å². The molecule has 0 aliphatic heterocycles. The number of furan rings is 1. The van der Waals surface area contributed by atoms with Crippen LogP contribution in [0.1, 0.15) is 19.6 Å². The number of aliphatic hydroxyl groups is 1. The van der Waals surface area contributed by atoms with Gasteiger partial charge in [0.05, 0.1) is 6.26 Å². The molecule has 0 unspecified atom stereocenters. The lowest BCUT2D eigenvalue weighted by atomic mass is 10.0. The summed E-state index contributed by atoms with van der Waals surface area (Å²) in [5.74, 6) is 0.245. The number of hydrogen-bond acceptors (Lipinski definition) is 3. The van der Waals surface area contributed by atoms with Crippen LogP contribution < -0.4 is 0 Å². The molecule has 0 fully saturated rings. The minimum absolute atomic E-state index is 0.0660. The molecule has 0 aliphatic carbocycles. The third-order valence-electron chi connectivity index (χ3n) is 1.88. The molecule has 3 heteroatoms. The van der Waals surface area contributed by atoms with Crippen LogP contribution in [-0.4, -0.2) is 17.0 Å². The van der Waals surface area contributed by atoms with E-state index in [0.717, 1.165) is 0 Å². The van der Waals surface area contributed by atoms with E-state index in [9.17, 15) is 9.90 Å². The zero-order valence-electron chi connectivity index (χ0n) is 8.31. The molecule has 76 valence electrons. The second-order valence-electron chi connectivity index (χ2n) is 3.44. The molecule has 0 aromatic carbocycles. The maximum absolute atomic E-state index is 11.3. The summed E-state index contributed by atoms with van der Waals surface area (Å²) in [4.78, 5) is 11.3. The van der Waals surface area contributed by atoms with Crippen LogP contribution in [0.3, 0.4) is 0 Å². The molecule has 1 aromatic rings. The van der Waals surface area contributed by atoms with Crippen molar-refractivity contribution in [3.05, 3.63) is 30.2 Å². The number of aliphatic hydroxyl groups excluding tert-OH is 1. The fraction of sp³-hybridized carbons (Fsp3) is 0.364. The second kappa shape index (κ2) is 4.77. The highest BCUT2D eigenvalue weighted by molar-refractivity contribution is 5.96. The largest absolute Gasteiger partial charge is 0.465 e. The number of rotatable bonds is 4. The summed E-state index contributed by atoms with van der Waals surface area (Å²) >= 11 is 0.